The fourth-order valence-electron chi connectivity index (χ4n) is 1.92. The maximum absolute atomic E-state index is 5.75. The van der Waals surface area contributed by atoms with Gasteiger partial charge in [0.05, 0.1) is 13.2 Å². The minimum absolute atomic E-state index is 0.205. The van der Waals surface area contributed by atoms with Crippen molar-refractivity contribution in [2.24, 2.45) is 0 Å². The van der Waals surface area contributed by atoms with Crippen molar-refractivity contribution in [3.63, 3.8) is 0 Å². The molecule has 94 valence electrons. The molecule has 4 nitrogen and oxygen atoms in total. The molecule has 0 radical (unpaired) electrons. The number of methoxy groups -OCH3 is 1. The molecule has 0 amide bonds. The van der Waals surface area contributed by atoms with E-state index in [0.717, 1.165) is 25.2 Å². The second-order valence-corrected chi connectivity index (χ2v) is 4.24. The molecule has 1 aromatic rings. The monoisotopic (exact) mass is 237 g/mol. The minimum Gasteiger partial charge on any atom is -0.497 e. The van der Waals surface area contributed by atoms with E-state index in [2.05, 4.69) is 0 Å². The van der Waals surface area contributed by atoms with E-state index < -0.39 is 0 Å². The minimum atomic E-state index is 0.205. The van der Waals surface area contributed by atoms with Crippen molar-refractivity contribution in [1.82, 2.24) is 0 Å². The molecule has 0 aromatic heterocycles. The van der Waals surface area contributed by atoms with Crippen molar-refractivity contribution in [3.05, 3.63) is 18.2 Å². The van der Waals surface area contributed by atoms with E-state index in [0.29, 0.717) is 18.0 Å². The quantitative estimate of drug-likeness (QED) is 0.816. The number of benzene rings is 1. The van der Waals surface area contributed by atoms with Crippen LogP contribution in [0.15, 0.2) is 18.2 Å². The summed E-state index contributed by atoms with van der Waals surface area (Å²) in [5.41, 5.74) is 6.39. The van der Waals surface area contributed by atoms with Crippen LogP contribution in [0.5, 0.6) is 11.5 Å². The van der Waals surface area contributed by atoms with Gasteiger partial charge < -0.3 is 19.9 Å². The Labute approximate surface area is 102 Å². The van der Waals surface area contributed by atoms with Gasteiger partial charge >= 0.3 is 0 Å². The zero-order valence-electron chi connectivity index (χ0n) is 10.1. The van der Waals surface area contributed by atoms with Crippen LogP contribution >= 0.6 is 0 Å². The summed E-state index contributed by atoms with van der Waals surface area (Å²) < 4.78 is 16.4. The SMILES string of the molecule is COc1cc(N)cc(OC[C@@H]2CCCCO2)c1. The third-order valence-electron chi connectivity index (χ3n) is 2.85. The van der Waals surface area contributed by atoms with E-state index in [1.54, 1.807) is 19.2 Å². The summed E-state index contributed by atoms with van der Waals surface area (Å²) in [6.45, 7) is 1.42. The van der Waals surface area contributed by atoms with Gasteiger partial charge in [0.25, 0.3) is 0 Å². The lowest BCUT2D eigenvalue weighted by molar-refractivity contribution is -0.0110. The van der Waals surface area contributed by atoms with Crippen LogP contribution in [-0.4, -0.2) is 26.4 Å². The summed E-state index contributed by atoms with van der Waals surface area (Å²) in [6, 6.07) is 5.40. The first kappa shape index (κ1) is 12.0. The Balaban J connectivity index is 1.91. The highest BCUT2D eigenvalue weighted by Crippen LogP contribution is 2.24. The lowest BCUT2D eigenvalue weighted by atomic mass is 10.1. The van der Waals surface area contributed by atoms with Gasteiger partial charge in [-0.1, -0.05) is 0 Å². The molecule has 1 saturated heterocycles. The van der Waals surface area contributed by atoms with Crippen molar-refractivity contribution in [1.29, 1.82) is 0 Å². The summed E-state index contributed by atoms with van der Waals surface area (Å²) in [5.74, 6) is 1.44. The molecule has 1 aromatic carbocycles. The molecule has 0 aliphatic carbocycles. The first-order valence-corrected chi connectivity index (χ1v) is 5.97. The van der Waals surface area contributed by atoms with E-state index in [1.807, 2.05) is 6.07 Å². The molecular formula is C13H19NO3. The fraction of sp³-hybridized carbons (Fsp3) is 0.538. The topological polar surface area (TPSA) is 53.7 Å². The molecule has 17 heavy (non-hydrogen) atoms. The van der Waals surface area contributed by atoms with Crippen LogP contribution in [-0.2, 0) is 4.74 Å². The molecule has 1 atom stereocenters. The molecule has 2 N–H and O–H groups in total. The van der Waals surface area contributed by atoms with Gasteiger partial charge in [-0.25, -0.2) is 0 Å². The number of nitrogen functional groups attached to an aromatic ring is 1. The Kier molecular flexibility index (Phi) is 4.09. The Morgan fingerprint density at radius 2 is 2.12 bits per heavy atom. The molecule has 1 aliphatic heterocycles. The summed E-state index contributed by atoms with van der Waals surface area (Å²) in [6.07, 6.45) is 3.65. The lowest BCUT2D eigenvalue weighted by Gasteiger charge is -2.22. The Bertz CT molecular complexity index is 362. The third-order valence-corrected chi connectivity index (χ3v) is 2.85. The molecule has 4 heteroatoms. The molecule has 1 fully saturated rings. The van der Waals surface area contributed by atoms with Crippen LogP contribution in [0.2, 0.25) is 0 Å². The van der Waals surface area contributed by atoms with Crippen LogP contribution in [0, 0.1) is 0 Å². The van der Waals surface area contributed by atoms with Gasteiger partial charge in [-0.15, -0.1) is 0 Å². The zero-order valence-corrected chi connectivity index (χ0v) is 10.1. The first-order valence-electron chi connectivity index (χ1n) is 5.97. The van der Waals surface area contributed by atoms with Crippen LogP contribution in [0.25, 0.3) is 0 Å². The number of hydrogen-bond donors (Lipinski definition) is 1. The molecule has 1 heterocycles. The van der Waals surface area contributed by atoms with E-state index in [1.165, 1.54) is 6.42 Å². The van der Waals surface area contributed by atoms with Crippen LogP contribution in [0.4, 0.5) is 5.69 Å². The van der Waals surface area contributed by atoms with Crippen molar-refractivity contribution >= 4 is 5.69 Å². The molecule has 0 spiro atoms. The van der Waals surface area contributed by atoms with Crippen molar-refractivity contribution in [2.45, 2.75) is 25.4 Å². The maximum Gasteiger partial charge on any atom is 0.125 e. The number of ether oxygens (including phenoxy) is 3. The molecule has 0 bridgehead atoms. The van der Waals surface area contributed by atoms with Gasteiger partial charge in [0, 0.05) is 30.5 Å². The predicted molar refractivity (Wildman–Crippen MR) is 66.5 cm³/mol. The summed E-state index contributed by atoms with van der Waals surface area (Å²) in [4.78, 5) is 0. The number of rotatable bonds is 4. The van der Waals surface area contributed by atoms with Crippen LogP contribution in [0.1, 0.15) is 19.3 Å². The highest BCUT2D eigenvalue weighted by Gasteiger charge is 2.14. The van der Waals surface area contributed by atoms with Gasteiger partial charge in [-0.05, 0) is 19.3 Å². The zero-order chi connectivity index (χ0) is 12.1. The Morgan fingerprint density at radius 3 is 2.82 bits per heavy atom. The second-order valence-electron chi connectivity index (χ2n) is 4.24. The Morgan fingerprint density at radius 1 is 1.29 bits per heavy atom. The van der Waals surface area contributed by atoms with Gasteiger partial charge in [0.1, 0.15) is 18.1 Å². The van der Waals surface area contributed by atoms with E-state index in [4.69, 9.17) is 19.9 Å². The third kappa shape index (κ3) is 3.53. The van der Waals surface area contributed by atoms with Gasteiger partial charge in [-0.2, -0.15) is 0 Å². The highest BCUT2D eigenvalue weighted by molar-refractivity contribution is 5.50. The van der Waals surface area contributed by atoms with Gasteiger partial charge in [-0.3, -0.25) is 0 Å². The van der Waals surface area contributed by atoms with Gasteiger partial charge in [0.15, 0.2) is 0 Å². The van der Waals surface area contributed by atoms with Crippen LogP contribution < -0.4 is 15.2 Å². The van der Waals surface area contributed by atoms with Crippen molar-refractivity contribution in [2.75, 3.05) is 26.1 Å². The molecule has 0 unspecified atom stereocenters. The van der Waals surface area contributed by atoms with Crippen LogP contribution in [0.3, 0.4) is 0 Å². The smallest absolute Gasteiger partial charge is 0.125 e. The molecule has 1 aliphatic rings. The van der Waals surface area contributed by atoms with Crippen molar-refractivity contribution in [3.8, 4) is 11.5 Å². The normalized spacial score (nSPS) is 19.9. The average Bonchev–Trinajstić information content (AvgIpc) is 2.37. The molecular weight excluding hydrogens is 218 g/mol. The number of hydrogen-bond acceptors (Lipinski definition) is 4. The Hall–Kier alpha value is -1.42. The second kappa shape index (κ2) is 5.77. The number of anilines is 1. The summed E-state index contributed by atoms with van der Waals surface area (Å²) in [7, 11) is 1.61. The standard InChI is InChI=1S/C13H19NO3/c1-15-12-6-10(14)7-13(8-12)17-9-11-4-2-3-5-16-11/h6-8,11H,2-5,9,14H2,1H3/t11-/m0/s1. The molecule has 0 saturated carbocycles. The first-order chi connectivity index (χ1) is 8.28. The summed E-state index contributed by atoms with van der Waals surface area (Å²) >= 11 is 0. The lowest BCUT2D eigenvalue weighted by Crippen LogP contribution is -2.25. The molecule has 2 rings (SSSR count). The fourth-order valence-corrected chi connectivity index (χ4v) is 1.92. The summed E-state index contributed by atoms with van der Waals surface area (Å²) in [5, 5.41) is 0. The van der Waals surface area contributed by atoms with Crippen molar-refractivity contribution < 1.29 is 14.2 Å². The largest absolute Gasteiger partial charge is 0.497 e. The predicted octanol–water partition coefficient (Wildman–Crippen LogP) is 2.23. The van der Waals surface area contributed by atoms with E-state index in [9.17, 15) is 0 Å². The van der Waals surface area contributed by atoms with E-state index in [-0.39, 0.29) is 6.10 Å². The number of nitrogens with two attached hydrogens (primary N) is 1. The van der Waals surface area contributed by atoms with Gasteiger partial charge in [0.2, 0.25) is 0 Å². The maximum atomic E-state index is 5.75. The van der Waals surface area contributed by atoms with E-state index >= 15 is 0 Å². The average molecular weight is 237 g/mol. The highest BCUT2D eigenvalue weighted by atomic mass is 16.5.